The van der Waals surface area contributed by atoms with Crippen LogP contribution in [0.25, 0.3) is 0 Å². The highest BCUT2D eigenvalue weighted by molar-refractivity contribution is 6.00. The predicted molar refractivity (Wildman–Crippen MR) is 183 cm³/mol. The number of carbonyl (C=O) groups is 3. The Morgan fingerprint density at radius 2 is 1.54 bits per heavy atom. The summed E-state index contributed by atoms with van der Waals surface area (Å²) in [5.41, 5.74) is 3.70. The molecule has 0 aliphatic carbocycles. The van der Waals surface area contributed by atoms with Gasteiger partial charge in [-0.25, -0.2) is 8.78 Å². The van der Waals surface area contributed by atoms with E-state index in [2.05, 4.69) is 10.6 Å². The minimum absolute atomic E-state index is 0.0302. The summed E-state index contributed by atoms with van der Waals surface area (Å²) in [6.07, 6.45) is 2.20. The lowest BCUT2D eigenvalue weighted by atomic mass is 9.99. The molecule has 0 fully saturated rings. The van der Waals surface area contributed by atoms with Crippen LogP contribution in [0.4, 0.5) is 8.78 Å². The van der Waals surface area contributed by atoms with Gasteiger partial charge < -0.3 is 25.4 Å². The topological polar surface area (TPSA) is 108 Å². The Morgan fingerprint density at radius 1 is 0.875 bits per heavy atom. The minimum atomic E-state index is -1.12. The number of aryl methyl sites for hydroxylation is 2. The van der Waals surface area contributed by atoms with Gasteiger partial charge in [-0.1, -0.05) is 38.1 Å². The van der Waals surface area contributed by atoms with Gasteiger partial charge in [0.25, 0.3) is 11.8 Å². The summed E-state index contributed by atoms with van der Waals surface area (Å²) < 4.78 is 33.1. The van der Waals surface area contributed by atoms with E-state index in [1.54, 1.807) is 36.9 Å². The lowest BCUT2D eigenvalue weighted by Crippen LogP contribution is -2.48. The van der Waals surface area contributed by atoms with Crippen LogP contribution in [0.3, 0.4) is 0 Å². The summed E-state index contributed by atoms with van der Waals surface area (Å²) in [6.45, 7) is 9.67. The van der Waals surface area contributed by atoms with Gasteiger partial charge in [-0.05, 0) is 98.5 Å². The van der Waals surface area contributed by atoms with E-state index in [1.807, 2.05) is 38.1 Å². The van der Waals surface area contributed by atoms with Crippen molar-refractivity contribution in [3.05, 3.63) is 106 Å². The number of esters is 1. The minimum Gasteiger partial charge on any atom is -0.466 e. The molecule has 0 bridgehead atoms. The van der Waals surface area contributed by atoms with Crippen molar-refractivity contribution in [1.82, 2.24) is 15.5 Å². The number of nitrogens with one attached hydrogen (secondary N) is 2. The fraction of sp³-hybridized carbons (Fsp3) is 0.447. The summed E-state index contributed by atoms with van der Waals surface area (Å²) in [6, 6.07) is 15.1. The van der Waals surface area contributed by atoms with E-state index >= 15 is 0 Å². The van der Waals surface area contributed by atoms with E-state index in [9.17, 15) is 28.3 Å². The summed E-state index contributed by atoms with van der Waals surface area (Å²) in [4.78, 5) is 40.3. The van der Waals surface area contributed by atoms with Crippen LogP contribution in [0.1, 0.15) is 89.4 Å². The van der Waals surface area contributed by atoms with Gasteiger partial charge in [-0.15, -0.1) is 0 Å². The van der Waals surface area contributed by atoms with E-state index in [-0.39, 0.29) is 36.0 Å². The quantitative estimate of drug-likeness (QED) is 0.138. The molecule has 3 aromatic rings. The number of ether oxygens (including phenoxy) is 1. The first-order valence-electron chi connectivity index (χ1n) is 16.8. The highest BCUT2D eigenvalue weighted by Gasteiger charge is 2.24. The molecular weight excluding hydrogens is 616 g/mol. The zero-order valence-corrected chi connectivity index (χ0v) is 28.5. The first kappa shape index (κ1) is 38.3. The number of halogens is 2. The number of nitrogens with zero attached hydrogens (tertiary/aromatic N) is 1. The lowest BCUT2D eigenvalue weighted by Gasteiger charge is -2.25. The fourth-order valence-corrected chi connectivity index (χ4v) is 5.66. The average molecular weight is 666 g/mol. The number of carbonyl (C=O) groups excluding carboxylic acids is 3. The van der Waals surface area contributed by atoms with E-state index in [0.29, 0.717) is 44.6 Å². The van der Waals surface area contributed by atoms with Crippen molar-refractivity contribution in [2.24, 2.45) is 0 Å². The number of hydrogen-bond donors (Lipinski definition) is 3. The first-order valence-corrected chi connectivity index (χ1v) is 16.8. The van der Waals surface area contributed by atoms with Crippen LogP contribution in [0, 0.1) is 18.6 Å². The largest absolute Gasteiger partial charge is 0.466 e. The highest BCUT2D eigenvalue weighted by atomic mass is 19.1. The molecule has 3 aromatic carbocycles. The molecule has 3 rings (SSSR count). The van der Waals surface area contributed by atoms with Crippen molar-refractivity contribution >= 4 is 17.8 Å². The molecule has 0 saturated heterocycles. The van der Waals surface area contributed by atoms with Crippen LogP contribution < -0.4 is 10.6 Å². The molecule has 0 aromatic heterocycles. The highest BCUT2D eigenvalue weighted by Crippen LogP contribution is 2.16. The maximum atomic E-state index is 14.1. The van der Waals surface area contributed by atoms with Gasteiger partial charge in [-0.2, -0.15) is 0 Å². The molecule has 10 heteroatoms. The SMILES string of the molecule is CCCN(CCC)C(=O)c1cc(C)cc(C(=O)NC(Cc2cc(F)cc(F)c2)C(O)CNCc2cccc(CCCC(=O)OCC)c2)c1. The summed E-state index contributed by atoms with van der Waals surface area (Å²) >= 11 is 0. The summed E-state index contributed by atoms with van der Waals surface area (Å²) in [7, 11) is 0. The first-order chi connectivity index (χ1) is 23.0. The summed E-state index contributed by atoms with van der Waals surface area (Å²) in [5, 5.41) is 17.3. The third-order valence-corrected chi connectivity index (χ3v) is 7.85. The van der Waals surface area contributed by atoms with Crippen molar-refractivity contribution in [2.45, 2.75) is 84.9 Å². The molecular formula is C38H49F2N3O5. The van der Waals surface area contributed by atoms with Crippen LogP contribution in [0.15, 0.2) is 60.7 Å². The van der Waals surface area contributed by atoms with Crippen LogP contribution in [-0.4, -0.2) is 66.2 Å². The average Bonchev–Trinajstić information content (AvgIpc) is 3.03. The Kier molecular flexibility index (Phi) is 15.7. The Hall–Kier alpha value is -4.15. The van der Waals surface area contributed by atoms with E-state index in [1.165, 1.54) is 12.1 Å². The Balaban J connectivity index is 1.73. The van der Waals surface area contributed by atoms with Crippen molar-refractivity contribution in [2.75, 3.05) is 26.2 Å². The standard InChI is InChI=1S/C38H49F2N3O5/c1-5-14-43(15-6-2)38(47)31-17-26(4)16-30(22-31)37(46)42-34(21-29-19-32(39)23-33(40)20-29)35(44)25-41-24-28-12-8-10-27(18-28)11-9-13-36(45)48-7-3/h8,10,12,16-20,22-23,34-35,41,44H,5-7,9,11,13-15,21,24-25H2,1-4H3,(H,42,46). The molecule has 2 atom stereocenters. The molecule has 8 nitrogen and oxygen atoms in total. The molecule has 260 valence electrons. The van der Waals surface area contributed by atoms with E-state index < -0.39 is 29.7 Å². The lowest BCUT2D eigenvalue weighted by molar-refractivity contribution is -0.143. The van der Waals surface area contributed by atoms with Crippen LogP contribution in [0.2, 0.25) is 0 Å². The molecule has 2 unspecified atom stereocenters. The zero-order chi connectivity index (χ0) is 35.1. The van der Waals surface area contributed by atoms with E-state index in [0.717, 1.165) is 42.0 Å². The molecule has 0 spiro atoms. The number of rotatable bonds is 19. The van der Waals surface area contributed by atoms with Crippen molar-refractivity contribution in [3.63, 3.8) is 0 Å². The number of amides is 2. The van der Waals surface area contributed by atoms with Gasteiger partial charge in [0.1, 0.15) is 11.6 Å². The second kappa shape index (κ2) is 19.6. The van der Waals surface area contributed by atoms with Crippen molar-refractivity contribution in [3.8, 4) is 0 Å². The van der Waals surface area contributed by atoms with Gasteiger partial charge in [0.15, 0.2) is 0 Å². The normalized spacial score (nSPS) is 12.3. The van der Waals surface area contributed by atoms with Gasteiger partial charge in [0, 0.05) is 49.8 Å². The molecule has 2 amide bonds. The number of aliphatic hydroxyl groups excluding tert-OH is 1. The monoisotopic (exact) mass is 665 g/mol. The maximum absolute atomic E-state index is 14.1. The third kappa shape index (κ3) is 12.5. The molecule has 0 saturated carbocycles. The Morgan fingerprint density at radius 3 is 2.21 bits per heavy atom. The summed E-state index contributed by atoms with van der Waals surface area (Å²) in [5.74, 6) is -2.39. The molecule has 3 N–H and O–H groups in total. The van der Waals surface area contributed by atoms with Gasteiger partial charge >= 0.3 is 5.97 Å². The smallest absolute Gasteiger partial charge is 0.305 e. The van der Waals surface area contributed by atoms with Crippen LogP contribution in [0.5, 0.6) is 0 Å². The Labute approximate surface area is 282 Å². The Bertz CT molecular complexity index is 1490. The second-order valence-electron chi connectivity index (χ2n) is 12.1. The fourth-order valence-electron chi connectivity index (χ4n) is 5.66. The molecule has 0 heterocycles. The predicted octanol–water partition coefficient (Wildman–Crippen LogP) is 5.91. The third-order valence-electron chi connectivity index (χ3n) is 7.85. The maximum Gasteiger partial charge on any atom is 0.305 e. The van der Waals surface area contributed by atoms with Crippen LogP contribution >= 0.6 is 0 Å². The second-order valence-corrected chi connectivity index (χ2v) is 12.1. The van der Waals surface area contributed by atoms with Crippen LogP contribution in [-0.2, 0) is 28.9 Å². The zero-order valence-electron chi connectivity index (χ0n) is 28.5. The van der Waals surface area contributed by atoms with Gasteiger partial charge in [-0.3, -0.25) is 14.4 Å². The molecule has 0 aliphatic rings. The molecule has 0 aliphatic heterocycles. The number of benzene rings is 3. The van der Waals surface area contributed by atoms with E-state index in [4.69, 9.17) is 4.74 Å². The van der Waals surface area contributed by atoms with Crippen molar-refractivity contribution < 1.29 is 33.0 Å². The van der Waals surface area contributed by atoms with Gasteiger partial charge in [0.05, 0.1) is 18.8 Å². The molecule has 48 heavy (non-hydrogen) atoms. The number of aliphatic hydroxyl groups is 1. The van der Waals surface area contributed by atoms with Gasteiger partial charge in [0.2, 0.25) is 0 Å². The molecule has 0 radical (unpaired) electrons. The van der Waals surface area contributed by atoms with Crippen molar-refractivity contribution in [1.29, 1.82) is 0 Å². The number of hydrogen-bond acceptors (Lipinski definition) is 6.